The molecule has 0 aliphatic heterocycles. The van der Waals surface area contributed by atoms with Crippen LogP contribution in [0.4, 0.5) is 16.2 Å². The van der Waals surface area contributed by atoms with Crippen LogP contribution in [-0.2, 0) is 20.8 Å². The average Bonchev–Trinajstić information content (AvgIpc) is 3.91. The summed E-state index contributed by atoms with van der Waals surface area (Å²) in [7, 11) is 1.72. The van der Waals surface area contributed by atoms with Crippen LogP contribution < -0.4 is 16.2 Å². The predicted molar refractivity (Wildman–Crippen MR) is 202 cm³/mol. The van der Waals surface area contributed by atoms with E-state index in [0.717, 1.165) is 33.6 Å². The highest BCUT2D eigenvalue weighted by atomic mass is 16.6. The summed E-state index contributed by atoms with van der Waals surface area (Å²) in [6, 6.07) is 20.6. The van der Waals surface area contributed by atoms with Crippen LogP contribution in [0.15, 0.2) is 77.7 Å². The van der Waals surface area contributed by atoms with E-state index in [1.807, 2.05) is 75.4 Å². The molecular formula is C40H52N4O6. The smallest absolute Gasteiger partial charge is 0.411 e. The number of aliphatic hydroxyl groups excluding tert-OH is 1. The second-order valence-corrected chi connectivity index (χ2v) is 11.9. The first kappa shape index (κ1) is 41.1. The average molecular weight is 685 g/mol. The van der Waals surface area contributed by atoms with E-state index in [-0.39, 0.29) is 37.3 Å². The van der Waals surface area contributed by atoms with Gasteiger partial charge in [0.2, 0.25) is 5.91 Å². The number of aromatic nitrogens is 1. The maximum absolute atomic E-state index is 12.9. The van der Waals surface area contributed by atoms with Crippen molar-refractivity contribution in [3.63, 3.8) is 0 Å². The fourth-order valence-electron chi connectivity index (χ4n) is 4.72. The van der Waals surface area contributed by atoms with E-state index in [1.54, 1.807) is 37.2 Å². The zero-order valence-electron chi connectivity index (χ0n) is 30.1. The maximum Gasteiger partial charge on any atom is 0.411 e. The van der Waals surface area contributed by atoms with E-state index >= 15 is 0 Å². The number of anilines is 2. The lowest BCUT2D eigenvalue weighted by Gasteiger charge is -2.21. The standard InChI is InChI=1S/C32H36N4O5.C4H8.C2H6O.C2H2/c1-5-40-29(27-9-7-6-8-22(27)3)20-41-32(39)35-26-12-10-21(2)24(16-26)19-36(4)30(37)18-34-25-13-11-23-14-15-33-31(38)28(23)17-25;1-4-2-3-4;1-2-3;1-2/h6-17,29,34H,5,18-20H2,1-4H3,(H,33,38)(H,35,39);4H,2-3H2,1H3;3H,2H2,1H3;1-2H/t29-;;;/m0.../s1. The molecule has 5 rings (SSSR count). The predicted octanol–water partition coefficient (Wildman–Crippen LogP) is 7.21. The summed E-state index contributed by atoms with van der Waals surface area (Å²) in [6.45, 7) is 11.1. The van der Waals surface area contributed by atoms with E-state index in [0.29, 0.717) is 29.9 Å². The van der Waals surface area contributed by atoms with E-state index in [1.165, 1.54) is 12.8 Å². The van der Waals surface area contributed by atoms with Gasteiger partial charge in [-0.2, -0.15) is 0 Å². The van der Waals surface area contributed by atoms with Gasteiger partial charge in [0.05, 0.1) is 6.54 Å². The number of ether oxygens (including phenoxy) is 2. The first-order valence-corrected chi connectivity index (χ1v) is 16.8. The number of nitrogens with zero attached hydrogens (tertiary/aromatic N) is 1. The van der Waals surface area contributed by atoms with Gasteiger partial charge < -0.3 is 29.8 Å². The number of hydrogen-bond donors (Lipinski definition) is 4. The number of H-pyrrole nitrogens is 1. The second-order valence-electron chi connectivity index (χ2n) is 11.9. The molecule has 4 aromatic rings. The van der Waals surface area contributed by atoms with Crippen molar-refractivity contribution in [2.75, 3.05) is 44.0 Å². The Bertz CT molecular complexity index is 1730. The number of carbonyl (C=O) groups excluding carboxylic acids is 2. The summed E-state index contributed by atoms with van der Waals surface area (Å²) in [4.78, 5) is 41.8. The van der Waals surface area contributed by atoms with Gasteiger partial charge in [0.1, 0.15) is 12.7 Å². The molecule has 10 nitrogen and oxygen atoms in total. The molecule has 10 heteroatoms. The first-order chi connectivity index (χ1) is 24.1. The van der Waals surface area contributed by atoms with Crippen LogP contribution in [0.5, 0.6) is 0 Å². The number of pyridine rings is 1. The van der Waals surface area contributed by atoms with Crippen molar-refractivity contribution >= 4 is 34.1 Å². The Morgan fingerprint density at radius 2 is 1.66 bits per heavy atom. The Morgan fingerprint density at radius 1 is 1.00 bits per heavy atom. The normalized spacial score (nSPS) is 12.0. The Hall–Kier alpha value is -5.11. The molecule has 1 fully saturated rings. The number of aryl methyl sites for hydroxylation is 2. The van der Waals surface area contributed by atoms with Crippen molar-refractivity contribution in [2.24, 2.45) is 5.92 Å². The molecule has 268 valence electrons. The van der Waals surface area contributed by atoms with Crippen LogP contribution in [0.25, 0.3) is 10.8 Å². The Kier molecular flexibility index (Phi) is 17.9. The third kappa shape index (κ3) is 13.8. The molecule has 0 radical (unpaired) electrons. The Labute approximate surface area is 296 Å². The van der Waals surface area contributed by atoms with Gasteiger partial charge in [-0.3, -0.25) is 14.9 Å². The molecule has 1 atom stereocenters. The van der Waals surface area contributed by atoms with Gasteiger partial charge in [-0.1, -0.05) is 56.2 Å². The van der Waals surface area contributed by atoms with Gasteiger partial charge in [0.15, 0.2) is 0 Å². The molecule has 0 saturated heterocycles. The lowest BCUT2D eigenvalue weighted by molar-refractivity contribution is -0.128. The van der Waals surface area contributed by atoms with Crippen LogP contribution in [0, 0.1) is 32.6 Å². The molecule has 0 bridgehead atoms. The number of rotatable bonds is 11. The molecule has 1 aliphatic carbocycles. The van der Waals surface area contributed by atoms with Crippen LogP contribution in [0.2, 0.25) is 0 Å². The molecular weight excluding hydrogens is 632 g/mol. The van der Waals surface area contributed by atoms with E-state index < -0.39 is 6.09 Å². The van der Waals surface area contributed by atoms with Gasteiger partial charge in [-0.15, -0.1) is 12.8 Å². The number of benzene rings is 3. The fourth-order valence-corrected chi connectivity index (χ4v) is 4.72. The molecule has 0 spiro atoms. The first-order valence-electron chi connectivity index (χ1n) is 16.8. The number of aromatic amines is 1. The van der Waals surface area contributed by atoms with Crippen molar-refractivity contribution in [3.05, 3.63) is 106 Å². The minimum absolute atomic E-state index is 0.0674. The Morgan fingerprint density at radius 3 is 2.30 bits per heavy atom. The third-order valence-corrected chi connectivity index (χ3v) is 7.78. The highest BCUT2D eigenvalue weighted by Crippen LogP contribution is 2.27. The van der Waals surface area contributed by atoms with Gasteiger partial charge in [0.25, 0.3) is 5.56 Å². The minimum atomic E-state index is -0.582. The van der Waals surface area contributed by atoms with Gasteiger partial charge in [0, 0.05) is 49.8 Å². The number of fused-ring (bicyclic) bond motifs is 1. The number of amides is 2. The molecule has 1 aromatic heterocycles. The monoisotopic (exact) mass is 684 g/mol. The number of carbonyl (C=O) groups is 2. The molecule has 1 heterocycles. The molecule has 3 aromatic carbocycles. The Balaban J connectivity index is 0.000000857. The topological polar surface area (TPSA) is 133 Å². The molecule has 1 saturated carbocycles. The largest absolute Gasteiger partial charge is 0.446 e. The van der Waals surface area contributed by atoms with Crippen molar-refractivity contribution in [1.82, 2.24) is 9.88 Å². The van der Waals surface area contributed by atoms with E-state index in [4.69, 9.17) is 14.6 Å². The number of nitrogens with one attached hydrogen (secondary N) is 3. The molecule has 0 unspecified atom stereocenters. The fraction of sp³-hybridized carbons (Fsp3) is 0.375. The second kappa shape index (κ2) is 21.8. The number of hydrogen-bond acceptors (Lipinski definition) is 7. The summed E-state index contributed by atoms with van der Waals surface area (Å²) in [6.07, 6.45) is 11.6. The van der Waals surface area contributed by atoms with Crippen molar-refractivity contribution < 1.29 is 24.2 Å². The highest BCUT2D eigenvalue weighted by Gasteiger charge is 2.17. The SMILES string of the molecule is C#C.CC1CC1.CCO.CCO[C@@H](COC(=O)Nc1ccc(C)c(CN(C)C(=O)CNc2ccc3cc[nH]c(=O)c3c2)c1)c1ccccc1C. The molecule has 4 N–H and O–H groups in total. The molecule has 2 amide bonds. The maximum atomic E-state index is 12.9. The summed E-state index contributed by atoms with van der Waals surface area (Å²) in [5.41, 5.74) is 5.01. The number of terminal acetylenes is 1. The lowest BCUT2D eigenvalue weighted by Crippen LogP contribution is -2.32. The summed E-state index contributed by atoms with van der Waals surface area (Å²) in [5.74, 6) is 0.961. The molecule has 50 heavy (non-hydrogen) atoms. The highest BCUT2D eigenvalue weighted by molar-refractivity contribution is 5.87. The van der Waals surface area contributed by atoms with Gasteiger partial charge in [-0.25, -0.2) is 4.79 Å². The van der Waals surface area contributed by atoms with Crippen molar-refractivity contribution in [1.29, 1.82) is 0 Å². The van der Waals surface area contributed by atoms with Crippen molar-refractivity contribution in [2.45, 2.75) is 60.1 Å². The third-order valence-electron chi connectivity index (χ3n) is 7.78. The van der Waals surface area contributed by atoms with Gasteiger partial charge >= 0.3 is 6.09 Å². The summed E-state index contributed by atoms with van der Waals surface area (Å²) in [5, 5.41) is 14.8. The van der Waals surface area contributed by atoms with Crippen LogP contribution in [0.1, 0.15) is 62.0 Å². The van der Waals surface area contributed by atoms with Crippen LogP contribution in [0.3, 0.4) is 0 Å². The van der Waals surface area contributed by atoms with Gasteiger partial charge in [-0.05, 0) is 91.6 Å². The summed E-state index contributed by atoms with van der Waals surface area (Å²) < 4.78 is 11.3. The number of likely N-dealkylation sites (N-methyl/N-ethyl adjacent to an activating group) is 1. The van der Waals surface area contributed by atoms with Crippen molar-refractivity contribution in [3.8, 4) is 12.8 Å². The zero-order valence-corrected chi connectivity index (χ0v) is 30.1. The van der Waals surface area contributed by atoms with Crippen LogP contribution in [-0.4, -0.2) is 60.4 Å². The van der Waals surface area contributed by atoms with Crippen LogP contribution >= 0.6 is 0 Å². The minimum Gasteiger partial charge on any atom is -0.446 e. The molecule has 1 aliphatic rings. The quantitative estimate of drug-likeness (QED) is 0.123. The number of aliphatic hydroxyl groups is 1. The summed E-state index contributed by atoms with van der Waals surface area (Å²) >= 11 is 0. The lowest BCUT2D eigenvalue weighted by atomic mass is 10.0. The zero-order chi connectivity index (χ0) is 37.1. The van der Waals surface area contributed by atoms with E-state index in [2.05, 4.69) is 35.4 Å². The van der Waals surface area contributed by atoms with E-state index in [9.17, 15) is 14.4 Å².